The third-order valence-electron chi connectivity index (χ3n) is 3.92. The van der Waals surface area contributed by atoms with Crippen LogP contribution in [0.15, 0.2) is 42.5 Å². The van der Waals surface area contributed by atoms with E-state index in [1.807, 2.05) is 24.3 Å². The summed E-state index contributed by atoms with van der Waals surface area (Å²) in [6, 6.07) is 11.5. The molecule has 2 aromatic carbocycles. The standard InChI is InChI=1S/C19H23FN2O2/c1-12(2)13-4-6-14(7-5-13)17(21)11-22-19(23)16-10-15(20)8-9-18(16)24-3/h4-10,12,17H,11,21H2,1-3H3,(H,22,23). The highest BCUT2D eigenvalue weighted by Gasteiger charge is 2.15. The fourth-order valence-electron chi connectivity index (χ4n) is 2.40. The average Bonchev–Trinajstić information content (AvgIpc) is 2.59. The van der Waals surface area contributed by atoms with E-state index in [2.05, 4.69) is 19.2 Å². The van der Waals surface area contributed by atoms with Crippen molar-refractivity contribution in [1.82, 2.24) is 5.32 Å². The predicted molar refractivity (Wildman–Crippen MR) is 92.7 cm³/mol. The van der Waals surface area contributed by atoms with Gasteiger partial charge in [-0.1, -0.05) is 38.1 Å². The second-order valence-corrected chi connectivity index (χ2v) is 5.98. The number of benzene rings is 2. The summed E-state index contributed by atoms with van der Waals surface area (Å²) in [5, 5.41) is 2.73. The number of rotatable bonds is 6. The Morgan fingerprint density at radius 1 is 1.17 bits per heavy atom. The van der Waals surface area contributed by atoms with Crippen molar-refractivity contribution in [2.45, 2.75) is 25.8 Å². The number of ether oxygens (including phenoxy) is 1. The minimum absolute atomic E-state index is 0.153. The van der Waals surface area contributed by atoms with Gasteiger partial charge in [-0.05, 0) is 35.2 Å². The van der Waals surface area contributed by atoms with Crippen molar-refractivity contribution < 1.29 is 13.9 Å². The lowest BCUT2D eigenvalue weighted by molar-refractivity contribution is 0.0947. The van der Waals surface area contributed by atoms with Gasteiger partial charge < -0.3 is 15.8 Å². The van der Waals surface area contributed by atoms with Crippen molar-refractivity contribution in [3.05, 3.63) is 65.0 Å². The fraction of sp³-hybridized carbons (Fsp3) is 0.316. The molecular weight excluding hydrogens is 307 g/mol. The number of halogens is 1. The molecule has 0 heterocycles. The number of carbonyl (C=O) groups is 1. The Morgan fingerprint density at radius 2 is 1.79 bits per heavy atom. The molecule has 0 aliphatic carbocycles. The van der Waals surface area contributed by atoms with Crippen LogP contribution < -0.4 is 15.8 Å². The molecular formula is C19H23FN2O2. The van der Waals surface area contributed by atoms with E-state index in [-0.39, 0.29) is 18.2 Å². The third kappa shape index (κ3) is 4.32. The molecule has 3 N–H and O–H groups in total. The zero-order valence-corrected chi connectivity index (χ0v) is 14.2. The molecule has 2 rings (SSSR count). The highest BCUT2D eigenvalue weighted by atomic mass is 19.1. The minimum atomic E-state index is -0.491. The van der Waals surface area contributed by atoms with Gasteiger partial charge in [0.05, 0.1) is 12.7 Å². The van der Waals surface area contributed by atoms with E-state index in [1.54, 1.807) is 0 Å². The van der Waals surface area contributed by atoms with Crippen LogP contribution in [0.25, 0.3) is 0 Å². The van der Waals surface area contributed by atoms with Gasteiger partial charge in [0.2, 0.25) is 0 Å². The summed E-state index contributed by atoms with van der Waals surface area (Å²) < 4.78 is 18.4. The molecule has 1 atom stereocenters. The molecule has 0 spiro atoms. The Hall–Kier alpha value is -2.40. The van der Waals surface area contributed by atoms with Crippen molar-refractivity contribution in [2.75, 3.05) is 13.7 Å². The summed E-state index contributed by atoms with van der Waals surface area (Å²) in [6.45, 7) is 4.50. The van der Waals surface area contributed by atoms with Crippen LogP contribution in [0, 0.1) is 5.82 Å². The smallest absolute Gasteiger partial charge is 0.255 e. The first-order valence-electron chi connectivity index (χ1n) is 7.89. The minimum Gasteiger partial charge on any atom is -0.496 e. The van der Waals surface area contributed by atoms with E-state index < -0.39 is 11.7 Å². The molecule has 1 unspecified atom stereocenters. The molecule has 128 valence electrons. The van der Waals surface area contributed by atoms with Crippen molar-refractivity contribution in [1.29, 1.82) is 0 Å². The van der Waals surface area contributed by atoms with E-state index in [4.69, 9.17) is 10.5 Å². The molecule has 0 saturated heterocycles. The molecule has 0 aliphatic heterocycles. The van der Waals surface area contributed by atoms with Crippen LogP contribution in [0.4, 0.5) is 4.39 Å². The normalized spacial score (nSPS) is 12.1. The van der Waals surface area contributed by atoms with Crippen LogP contribution >= 0.6 is 0 Å². The highest BCUT2D eigenvalue weighted by Crippen LogP contribution is 2.20. The molecule has 1 amide bonds. The molecule has 2 aromatic rings. The monoisotopic (exact) mass is 330 g/mol. The summed E-state index contributed by atoms with van der Waals surface area (Å²) >= 11 is 0. The second kappa shape index (κ2) is 7.93. The number of nitrogens with one attached hydrogen (secondary N) is 1. The predicted octanol–water partition coefficient (Wildman–Crippen LogP) is 3.39. The third-order valence-corrected chi connectivity index (χ3v) is 3.92. The van der Waals surface area contributed by atoms with E-state index in [9.17, 15) is 9.18 Å². The van der Waals surface area contributed by atoms with Crippen molar-refractivity contribution in [3.63, 3.8) is 0 Å². The van der Waals surface area contributed by atoms with E-state index in [0.29, 0.717) is 11.7 Å². The molecule has 0 radical (unpaired) electrons. The van der Waals surface area contributed by atoms with Gasteiger partial charge >= 0.3 is 0 Å². The first-order chi connectivity index (χ1) is 11.4. The fourth-order valence-corrected chi connectivity index (χ4v) is 2.40. The summed E-state index contributed by atoms with van der Waals surface area (Å²) in [5.74, 6) is -0.130. The van der Waals surface area contributed by atoms with Gasteiger partial charge in [-0.2, -0.15) is 0 Å². The Balaban J connectivity index is 2.02. The molecule has 5 heteroatoms. The second-order valence-electron chi connectivity index (χ2n) is 5.98. The lowest BCUT2D eigenvalue weighted by Crippen LogP contribution is -2.32. The van der Waals surface area contributed by atoms with Crippen molar-refractivity contribution in [3.8, 4) is 5.75 Å². The number of hydrogen-bond donors (Lipinski definition) is 2. The van der Waals surface area contributed by atoms with Gasteiger partial charge in [-0.15, -0.1) is 0 Å². The van der Waals surface area contributed by atoms with E-state index in [1.165, 1.54) is 24.8 Å². The van der Waals surface area contributed by atoms with Gasteiger partial charge in [0.1, 0.15) is 11.6 Å². The molecule has 0 fully saturated rings. The largest absolute Gasteiger partial charge is 0.496 e. The lowest BCUT2D eigenvalue weighted by atomic mass is 9.99. The molecule has 0 aliphatic rings. The maximum Gasteiger partial charge on any atom is 0.255 e. The Bertz CT molecular complexity index is 699. The van der Waals surface area contributed by atoms with Gasteiger partial charge in [0.15, 0.2) is 0 Å². The van der Waals surface area contributed by atoms with Crippen LogP contribution in [0.2, 0.25) is 0 Å². The van der Waals surface area contributed by atoms with Crippen LogP contribution in [0.5, 0.6) is 5.75 Å². The topological polar surface area (TPSA) is 64.3 Å². The number of methoxy groups -OCH3 is 1. The average molecular weight is 330 g/mol. The first-order valence-corrected chi connectivity index (χ1v) is 7.89. The molecule has 0 aromatic heterocycles. The van der Waals surface area contributed by atoms with Gasteiger partial charge in [-0.3, -0.25) is 4.79 Å². The maximum absolute atomic E-state index is 13.4. The molecule has 4 nitrogen and oxygen atoms in total. The number of nitrogens with two attached hydrogens (primary N) is 1. The Kier molecular flexibility index (Phi) is 5.93. The van der Waals surface area contributed by atoms with Gasteiger partial charge in [-0.25, -0.2) is 4.39 Å². The highest BCUT2D eigenvalue weighted by molar-refractivity contribution is 5.96. The zero-order valence-electron chi connectivity index (χ0n) is 14.2. The van der Waals surface area contributed by atoms with Crippen LogP contribution in [0.3, 0.4) is 0 Å². The first kappa shape index (κ1) is 17.9. The maximum atomic E-state index is 13.4. The zero-order chi connectivity index (χ0) is 17.7. The molecule has 0 bridgehead atoms. The summed E-state index contributed by atoms with van der Waals surface area (Å²) in [4.78, 5) is 12.2. The van der Waals surface area contributed by atoms with E-state index >= 15 is 0 Å². The number of amides is 1. The van der Waals surface area contributed by atoms with Gasteiger partial charge in [0, 0.05) is 12.6 Å². The SMILES string of the molecule is COc1ccc(F)cc1C(=O)NCC(N)c1ccc(C(C)C)cc1. The van der Waals surface area contributed by atoms with Crippen LogP contribution in [-0.2, 0) is 0 Å². The quantitative estimate of drug-likeness (QED) is 0.853. The molecule has 0 saturated carbocycles. The van der Waals surface area contributed by atoms with Crippen molar-refractivity contribution >= 4 is 5.91 Å². The van der Waals surface area contributed by atoms with Gasteiger partial charge in [0.25, 0.3) is 5.91 Å². The Morgan fingerprint density at radius 3 is 2.38 bits per heavy atom. The Labute approximate surface area is 141 Å². The molecule has 24 heavy (non-hydrogen) atoms. The van der Waals surface area contributed by atoms with Crippen LogP contribution in [0.1, 0.15) is 47.3 Å². The number of carbonyl (C=O) groups excluding carboxylic acids is 1. The summed E-state index contributed by atoms with van der Waals surface area (Å²) in [7, 11) is 1.44. The summed E-state index contributed by atoms with van der Waals surface area (Å²) in [6.07, 6.45) is 0. The van der Waals surface area contributed by atoms with Crippen LogP contribution in [-0.4, -0.2) is 19.6 Å². The summed E-state index contributed by atoms with van der Waals surface area (Å²) in [5.41, 5.74) is 8.45. The van der Waals surface area contributed by atoms with E-state index in [0.717, 1.165) is 11.6 Å². The number of hydrogen-bond acceptors (Lipinski definition) is 3. The lowest BCUT2D eigenvalue weighted by Gasteiger charge is -2.15. The van der Waals surface area contributed by atoms with Crippen molar-refractivity contribution in [2.24, 2.45) is 5.73 Å².